The summed E-state index contributed by atoms with van der Waals surface area (Å²) in [4.78, 5) is 17.7. The van der Waals surface area contributed by atoms with Gasteiger partial charge in [-0.05, 0) is 56.5 Å². The molecule has 0 aliphatic heterocycles. The second-order valence-corrected chi connectivity index (χ2v) is 11.9. The summed E-state index contributed by atoms with van der Waals surface area (Å²) >= 11 is 0. The van der Waals surface area contributed by atoms with Crippen molar-refractivity contribution in [2.45, 2.75) is 65.6 Å². The summed E-state index contributed by atoms with van der Waals surface area (Å²) in [6, 6.07) is 6.82. The predicted octanol–water partition coefficient (Wildman–Crippen LogP) is 4.49. The van der Waals surface area contributed by atoms with Gasteiger partial charge in [0.1, 0.15) is 28.9 Å². The molecule has 5 rings (SSSR count). The number of pyridine rings is 1. The summed E-state index contributed by atoms with van der Waals surface area (Å²) in [5, 5.41) is 21.7. The third-order valence-electron chi connectivity index (χ3n) is 7.66. The van der Waals surface area contributed by atoms with Gasteiger partial charge in [-0.15, -0.1) is 0 Å². The SMILES string of the molecule is CNCc1cnc2ccc(-c3ccc(F)c(C(=O)NC4CC4)c3OCCc3c(C(O)C(C)(C)C)nn(C)c3C)cn12. The molecular weight excluding hydrogens is 523 g/mol. The first-order valence-electron chi connectivity index (χ1n) is 14.1. The number of carbonyl (C=O) groups excluding carboxylic acids is 1. The fourth-order valence-electron chi connectivity index (χ4n) is 5.01. The minimum Gasteiger partial charge on any atom is -0.492 e. The van der Waals surface area contributed by atoms with Crippen LogP contribution in [0.1, 0.15) is 72.7 Å². The number of halogens is 1. The Bertz CT molecular complexity index is 1580. The van der Waals surface area contributed by atoms with E-state index in [9.17, 15) is 9.90 Å². The normalized spacial score (nSPS) is 14.4. The zero-order chi connectivity index (χ0) is 29.5. The number of ether oxygens (including phenoxy) is 1. The average molecular weight is 563 g/mol. The number of hydrogen-bond acceptors (Lipinski definition) is 6. The van der Waals surface area contributed by atoms with E-state index in [2.05, 4.69) is 20.7 Å². The molecule has 1 atom stereocenters. The third kappa shape index (κ3) is 5.85. The van der Waals surface area contributed by atoms with Crippen molar-refractivity contribution in [3.8, 4) is 16.9 Å². The summed E-state index contributed by atoms with van der Waals surface area (Å²) in [5.74, 6) is -0.928. The second-order valence-electron chi connectivity index (χ2n) is 11.9. The minimum atomic E-state index is -0.768. The number of fused-ring (bicyclic) bond motifs is 1. The number of aromatic nitrogens is 4. The number of imidazole rings is 1. The average Bonchev–Trinajstić information content (AvgIpc) is 3.58. The van der Waals surface area contributed by atoms with Crippen molar-refractivity contribution in [1.29, 1.82) is 0 Å². The highest BCUT2D eigenvalue weighted by Crippen LogP contribution is 2.37. The van der Waals surface area contributed by atoms with Gasteiger partial charge in [-0.1, -0.05) is 20.8 Å². The molecule has 3 N–H and O–H groups in total. The van der Waals surface area contributed by atoms with Crippen LogP contribution in [0.4, 0.5) is 4.39 Å². The maximum absolute atomic E-state index is 15.3. The van der Waals surface area contributed by atoms with Crippen LogP contribution in [0.2, 0.25) is 0 Å². The number of nitrogens with zero attached hydrogens (tertiary/aromatic N) is 4. The molecule has 0 saturated heterocycles. The van der Waals surface area contributed by atoms with Crippen molar-refractivity contribution in [1.82, 2.24) is 29.8 Å². The van der Waals surface area contributed by atoms with Crippen molar-refractivity contribution in [3.05, 3.63) is 70.7 Å². The molecule has 41 heavy (non-hydrogen) atoms. The van der Waals surface area contributed by atoms with E-state index < -0.39 is 23.2 Å². The van der Waals surface area contributed by atoms with Crippen LogP contribution in [0.25, 0.3) is 16.8 Å². The van der Waals surface area contributed by atoms with Crippen LogP contribution in [0, 0.1) is 18.2 Å². The quantitative estimate of drug-likeness (QED) is 0.263. The van der Waals surface area contributed by atoms with Gasteiger partial charge < -0.3 is 24.9 Å². The molecule has 1 fully saturated rings. The molecule has 0 spiro atoms. The maximum Gasteiger partial charge on any atom is 0.258 e. The maximum atomic E-state index is 15.3. The van der Waals surface area contributed by atoms with Gasteiger partial charge in [0.25, 0.3) is 5.91 Å². The lowest BCUT2D eigenvalue weighted by atomic mass is 9.85. The fraction of sp³-hybridized carbons (Fsp3) is 0.452. The van der Waals surface area contributed by atoms with Gasteiger partial charge in [0.15, 0.2) is 0 Å². The molecule has 0 radical (unpaired) electrons. The van der Waals surface area contributed by atoms with Crippen LogP contribution in [0.15, 0.2) is 36.7 Å². The van der Waals surface area contributed by atoms with Crippen LogP contribution < -0.4 is 15.4 Å². The van der Waals surface area contributed by atoms with Crippen molar-refractivity contribution in [3.63, 3.8) is 0 Å². The molecule has 10 heteroatoms. The molecule has 1 aliphatic carbocycles. The Morgan fingerprint density at radius 2 is 2.00 bits per heavy atom. The largest absolute Gasteiger partial charge is 0.492 e. The molecule has 9 nitrogen and oxygen atoms in total. The highest BCUT2D eigenvalue weighted by molar-refractivity contribution is 6.00. The monoisotopic (exact) mass is 562 g/mol. The fourth-order valence-corrected chi connectivity index (χ4v) is 5.01. The van der Waals surface area contributed by atoms with E-state index in [-0.39, 0.29) is 24.0 Å². The number of carbonyl (C=O) groups is 1. The van der Waals surface area contributed by atoms with Crippen molar-refractivity contribution in [2.75, 3.05) is 13.7 Å². The van der Waals surface area contributed by atoms with Crippen LogP contribution in [-0.4, -0.2) is 49.9 Å². The lowest BCUT2D eigenvalue weighted by Crippen LogP contribution is -2.27. The van der Waals surface area contributed by atoms with Gasteiger partial charge in [-0.2, -0.15) is 5.10 Å². The van der Waals surface area contributed by atoms with E-state index in [1.807, 2.05) is 70.7 Å². The first-order chi connectivity index (χ1) is 19.5. The van der Waals surface area contributed by atoms with Gasteiger partial charge in [-0.3, -0.25) is 9.48 Å². The van der Waals surface area contributed by atoms with Gasteiger partial charge in [0.05, 0.1) is 24.2 Å². The number of benzene rings is 1. The predicted molar refractivity (Wildman–Crippen MR) is 155 cm³/mol. The number of hydrogen-bond donors (Lipinski definition) is 3. The number of aliphatic hydroxyl groups is 1. The van der Waals surface area contributed by atoms with Gasteiger partial charge in [-0.25, -0.2) is 9.37 Å². The number of aryl methyl sites for hydroxylation is 1. The summed E-state index contributed by atoms with van der Waals surface area (Å²) in [6.07, 6.45) is 5.17. The Hall–Kier alpha value is -3.76. The molecular formula is C31H39FN6O3. The number of aliphatic hydroxyl groups excluding tert-OH is 1. The lowest BCUT2D eigenvalue weighted by Gasteiger charge is -2.25. The zero-order valence-corrected chi connectivity index (χ0v) is 24.6. The highest BCUT2D eigenvalue weighted by Gasteiger charge is 2.31. The molecule has 4 aromatic rings. The number of nitrogens with one attached hydrogen (secondary N) is 2. The summed E-state index contributed by atoms with van der Waals surface area (Å²) in [7, 11) is 3.72. The molecule has 1 aliphatic rings. The second kappa shape index (κ2) is 11.3. The van der Waals surface area contributed by atoms with E-state index in [1.54, 1.807) is 10.7 Å². The standard InChI is InChI=1S/C31H39FN6O3/c1-18-22(27(36-37(18)6)29(39)31(2,3)4)13-14-41-28-23(10-11-24(32)26(28)30(40)35-20-8-9-20)19-7-12-25-34-16-21(15-33-5)38(25)17-19/h7,10-12,16-17,20,29,33,39H,8-9,13-15H2,1-6H3,(H,35,40). The van der Waals surface area contributed by atoms with E-state index in [0.29, 0.717) is 24.2 Å². The van der Waals surface area contributed by atoms with Crippen molar-refractivity contribution < 1.29 is 19.0 Å². The molecule has 0 bridgehead atoms. The Balaban J connectivity index is 1.53. The van der Waals surface area contributed by atoms with Crippen molar-refractivity contribution >= 4 is 11.6 Å². The molecule has 3 heterocycles. The molecule has 1 saturated carbocycles. The smallest absolute Gasteiger partial charge is 0.258 e. The Morgan fingerprint density at radius 3 is 2.68 bits per heavy atom. The van der Waals surface area contributed by atoms with Crippen LogP contribution in [-0.2, 0) is 20.0 Å². The molecule has 1 unspecified atom stereocenters. The van der Waals surface area contributed by atoms with E-state index in [0.717, 1.165) is 41.0 Å². The summed E-state index contributed by atoms with van der Waals surface area (Å²) in [5.41, 5.74) is 5.03. The molecule has 3 aromatic heterocycles. The first kappa shape index (κ1) is 28.8. The van der Waals surface area contributed by atoms with Crippen LogP contribution >= 0.6 is 0 Å². The van der Waals surface area contributed by atoms with Gasteiger partial charge in [0, 0.05) is 54.6 Å². The van der Waals surface area contributed by atoms with Gasteiger partial charge >= 0.3 is 0 Å². The third-order valence-corrected chi connectivity index (χ3v) is 7.66. The van der Waals surface area contributed by atoms with E-state index in [1.165, 1.54) is 6.07 Å². The Labute approximate surface area is 239 Å². The number of amides is 1. The molecule has 1 aromatic carbocycles. The number of rotatable bonds is 10. The highest BCUT2D eigenvalue weighted by atomic mass is 19.1. The van der Waals surface area contributed by atoms with Crippen LogP contribution in [0.5, 0.6) is 5.75 Å². The van der Waals surface area contributed by atoms with E-state index >= 15 is 4.39 Å². The van der Waals surface area contributed by atoms with Crippen LogP contribution in [0.3, 0.4) is 0 Å². The first-order valence-corrected chi connectivity index (χ1v) is 14.1. The summed E-state index contributed by atoms with van der Waals surface area (Å²) in [6.45, 7) is 8.63. The topological polar surface area (TPSA) is 106 Å². The van der Waals surface area contributed by atoms with E-state index in [4.69, 9.17) is 4.74 Å². The molecule has 1 amide bonds. The summed E-state index contributed by atoms with van der Waals surface area (Å²) < 4.78 is 25.4. The van der Waals surface area contributed by atoms with Crippen molar-refractivity contribution in [2.24, 2.45) is 12.5 Å². The molecule has 218 valence electrons. The zero-order valence-electron chi connectivity index (χ0n) is 24.6. The lowest BCUT2D eigenvalue weighted by molar-refractivity contribution is 0.0575. The Morgan fingerprint density at radius 1 is 1.24 bits per heavy atom. The minimum absolute atomic E-state index is 0.0595. The Kier molecular flexibility index (Phi) is 7.89. The van der Waals surface area contributed by atoms with Gasteiger partial charge in [0.2, 0.25) is 0 Å².